The molecule has 0 saturated heterocycles. The van der Waals surface area contributed by atoms with Gasteiger partial charge in [0.05, 0.1) is 18.4 Å². The van der Waals surface area contributed by atoms with E-state index in [1.807, 2.05) is 0 Å². The number of rotatable bonds is 4. The Hall–Kier alpha value is -2.60. The molecule has 10 heteroatoms. The van der Waals surface area contributed by atoms with Crippen molar-refractivity contribution in [2.24, 2.45) is 0 Å². The van der Waals surface area contributed by atoms with E-state index in [2.05, 4.69) is 15.3 Å². The lowest BCUT2D eigenvalue weighted by atomic mass is 10.2. The number of halogens is 4. The van der Waals surface area contributed by atoms with Gasteiger partial charge in [0.25, 0.3) is 11.4 Å². The summed E-state index contributed by atoms with van der Waals surface area (Å²) in [6.45, 7) is 2.23. The molecule has 2 aromatic rings. The predicted molar refractivity (Wildman–Crippen MR) is 79.4 cm³/mol. The number of hydrogen-bond acceptors (Lipinski definition) is 4. The van der Waals surface area contributed by atoms with Crippen molar-refractivity contribution >= 4 is 17.4 Å². The van der Waals surface area contributed by atoms with Gasteiger partial charge < -0.3 is 4.57 Å². The number of alkyl halides is 3. The third-order valence-electron chi connectivity index (χ3n) is 3.31. The van der Waals surface area contributed by atoms with E-state index in [1.165, 1.54) is 6.33 Å². The fourth-order valence-electron chi connectivity index (χ4n) is 2.00. The Morgan fingerprint density at radius 2 is 2.21 bits per heavy atom. The van der Waals surface area contributed by atoms with Crippen LogP contribution in [0.15, 0.2) is 23.4 Å². The number of nitriles is 1. The fourth-order valence-corrected chi connectivity index (χ4v) is 2.23. The second kappa shape index (κ2) is 6.88. The molecule has 0 unspecified atom stereocenters. The van der Waals surface area contributed by atoms with Crippen molar-refractivity contribution in [2.45, 2.75) is 19.6 Å². The van der Waals surface area contributed by atoms with Crippen LogP contribution >= 0.6 is 11.6 Å². The molecule has 0 amide bonds. The molecule has 0 aliphatic heterocycles. The first kappa shape index (κ1) is 17.7. The second-order valence-corrected chi connectivity index (χ2v) is 5.26. The van der Waals surface area contributed by atoms with Gasteiger partial charge in [0, 0.05) is 5.69 Å². The summed E-state index contributed by atoms with van der Waals surface area (Å²) < 4.78 is 39.3. The lowest BCUT2D eigenvalue weighted by Crippen LogP contribution is -2.23. The largest absolute Gasteiger partial charge is 0.419 e. The van der Waals surface area contributed by atoms with Gasteiger partial charge in [-0.15, -0.1) is 0 Å². The number of nitrogens with zero attached hydrogens (tertiary/aromatic N) is 3. The third-order valence-corrected chi connectivity index (χ3v) is 3.61. The van der Waals surface area contributed by atoms with Crippen LogP contribution in [0.1, 0.15) is 16.8 Å². The Labute approximate surface area is 139 Å². The van der Waals surface area contributed by atoms with Crippen LogP contribution in [-0.4, -0.2) is 16.1 Å². The number of aromatic amines is 1. The van der Waals surface area contributed by atoms with Crippen LogP contribution in [0.5, 0.6) is 0 Å². The minimum Gasteiger partial charge on any atom is -0.331 e. The number of nitrogens with one attached hydrogen (secondary N) is 2. The van der Waals surface area contributed by atoms with E-state index >= 15 is 0 Å². The SMILES string of the molecule is Cc1c(C#N)c(=O)ncn1CCNc1[nH+]cc(C(F)(F)F)cc1Cl. The van der Waals surface area contributed by atoms with Crippen molar-refractivity contribution in [3.8, 4) is 6.07 Å². The summed E-state index contributed by atoms with van der Waals surface area (Å²) in [7, 11) is 0. The molecule has 2 aromatic heterocycles. The van der Waals surface area contributed by atoms with Gasteiger partial charge in [0.1, 0.15) is 29.4 Å². The third kappa shape index (κ3) is 3.83. The first-order valence-electron chi connectivity index (χ1n) is 6.72. The monoisotopic (exact) mass is 358 g/mol. The van der Waals surface area contributed by atoms with Gasteiger partial charge in [-0.3, -0.25) is 10.1 Å². The van der Waals surface area contributed by atoms with Crippen LogP contribution in [-0.2, 0) is 12.7 Å². The summed E-state index contributed by atoms with van der Waals surface area (Å²) in [5.41, 5.74) is -1.06. The minimum atomic E-state index is -4.48. The zero-order chi connectivity index (χ0) is 17.9. The highest BCUT2D eigenvalue weighted by Gasteiger charge is 2.32. The zero-order valence-electron chi connectivity index (χ0n) is 12.4. The first-order valence-corrected chi connectivity index (χ1v) is 7.10. The highest BCUT2D eigenvalue weighted by atomic mass is 35.5. The van der Waals surface area contributed by atoms with Crippen molar-refractivity contribution in [1.82, 2.24) is 9.55 Å². The van der Waals surface area contributed by atoms with Crippen LogP contribution in [0.25, 0.3) is 0 Å². The maximum Gasteiger partial charge on any atom is 0.419 e. The molecule has 0 fully saturated rings. The number of aromatic nitrogens is 3. The Balaban J connectivity index is 2.08. The van der Waals surface area contributed by atoms with Gasteiger partial charge in [-0.05, 0) is 13.0 Å². The van der Waals surface area contributed by atoms with Gasteiger partial charge in [0.15, 0.2) is 0 Å². The van der Waals surface area contributed by atoms with Crippen molar-refractivity contribution in [3.63, 3.8) is 0 Å². The summed E-state index contributed by atoms with van der Waals surface area (Å²) >= 11 is 5.82. The summed E-state index contributed by atoms with van der Waals surface area (Å²) in [5, 5.41) is 11.7. The Kier molecular flexibility index (Phi) is 5.09. The quantitative estimate of drug-likeness (QED) is 0.906. The van der Waals surface area contributed by atoms with Crippen molar-refractivity contribution in [2.75, 3.05) is 11.9 Å². The van der Waals surface area contributed by atoms with E-state index in [0.717, 1.165) is 12.3 Å². The van der Waals surface area contributed by atoms with Crippen LogP contribution < -0.4 is 15.9 Å². The van der Waals surface area contributed by atoms with E-state index in [9.17, 15) is 18.0 Å². The molecule has 2 N–H and O–H groups in total. The molecule has 6 nitrogen and oxygen atoms in total. The van der Waals surface area contributed by atoms with E-state index in [-0.39, 0.29) is 22.9 Å². The smallest absolute Gasteiger partial charge is 0.331 e. The Morgan fingerprint density at radius 3 is 2.79 bits per heavy atom. The molecule has 0 aliphatic rings. The summed E-state index contributed by atoms with van der Waals surface area (Å²) in [6.07, 6.45) is -2.36. The second-order valence-electron chi connectivity index (χ2n) is 4.85. The lowest BCUT2D eigenvalue weighted by Gasteiger charge is -2.10. The average molecular weight is 359 g/mol. The molecule has 2 rings (SSSR count). The van der Waals surface area contributed by atoms with Crippen molar-refractivity contribution in [1.29, 1.82) is 5.26 Å². The molecule has 24 heavy (non-hydrogen) atoms. The zero-order valence-corrected chi connectivity index (χ0v) is 13.2. The number of pyridine rings is 1. The van der Waals surface area contributed by atoms with E-state index in [4.69, 9.17) is 16.9 Å². The molecule has 0 bridgehead atoms. The van der Waals surface area contributed by atoms with Gasteiger partial charge >= 0.3 is 6.18 Å². The summed E-state index contributed by atoms with van der Waals surface area (Å²) in [6, 6.07) is 2.61. The van der Waals surface area contributed by atoms with Crippen molar-refractivity contribution < 1.29 is 18.2 Å². The Morgan fingerprint density at radius 1 is 1.50 bits per heavy atom. The normalized spacial score (nSPS) is 11.2. The molecular weight excluding hydrogens is 347 g/mol. The highest BCUT2D eigenvalue weighted by molar-refractivity contribution is 6.32. The van der Waals surface area contributed by atoms with Crippen LogP contribution in [0.4, 0.5) is 19.0 Å². The standard InChI is InChI=1S/C14H11ClF3N5O/c1-8-10(5-19)13(24)22-7-23(8)3-2-20-12-11(15)4-9(6-21-12)14(16,17)18/h4,6-7H,2-3H2,1H3,(H,20,21)/p+1. The molecule has 126 valence electrons. The maximum absolute atomic E-state index is 12.6. The number of anilines is 1. The number of H-pyrrole nitrogens is 1. The molecule has 0 aliphatic carbocycles. The molecule has 0 saturated carbocycles. The average Bonchev–Trinajstić information content (AvgIpc) is 2.50. The Bertz CT molecular complexity index is 857. The van der Waals surface area contributed by atoms with Crippen molar-refractivity contribution in [3.05, 3.63) is 50.8 Å². The van der Waals surface area contributed by atoms with Gasteiger partial charge in [-0.1, -0.05) is 11.6 Å². The topological polar surface area (TPSA) is 84.8 Å². The molecular formula is C14H12ClF3N5O+. The van der Waals surface area contributed by atoms with E-state index in [0.29, 0.717) is 12.2 Å². The molecule has 0 spiro atoms. The highest BCUT2D eigenvalue weighted by Crippen LogP contribution is 2.31. The van der Waals surface area contributed by atoms with E-state index in [1.54, 1.807) is 17.6 Å². The number of hydrogen-bond donors (Lipinski definition) is 1. The molecule has 2 heterocycles. The fraction of sp³-hybridized carbons (Fsp3) is 0.286. The van der Waals surface area contributed by atoms with Gasteiger partial charge in [-0.25, -0.2) is 4.98 Å². The molecule has 0 atom stereocenters. The first-order chi connectivity index (χ1) is 11.2. The van der Waals surface area contributed by atoms with E-state index < -0.39 is 17.3 Å². The van der Waals surface area contributed by atoms with Gasteiger partial charge in [-0.2, -0.15) is 23.4 Å². The van der Waals surface area contributed by atoms with Crippen LogP contribution in [0.2, 0.25) is 5.02 Å². The van der Waals surface area contributed by atoms with Gasteiger partial charge in [0.2, 0.25) is 0 Å². The predicted octanol–water partition coefficient (Wildman–Crippen LogP) is 2.02. The summed E-state index contributed by atoms with van der Waals surface area (Å²) in [5.74, 6) is 0.233. The van der Waals surface area contributed by atoms with Crippen LogP contribution in [0, 0.1) is 18.3 Å². The van der Waals surface area contributed by atoms with Crippen LogP contribution in [0.3, 0.4) is 0 Å². The molecule has 0 radical (unpaired) electrons. The minimum absolute atomic E-state index is 0.0448. The summed E-state index contributed by atoms with van der Waals surface area (Å²) in [4.78, 5) is 17.4. The lowest BCUT2D eigenvalue weighted by molar-refractivity contribution is -0.364. The molecule has 0 aromatic carbocycles. The maximum atomic E-state index is 12.6.